The van der Waals surface area contributed by atoms with Gasteiger partial charge in [0.2, 0.25) is 0 Å². The number of ether oxygens (including phenoxy) is 2. The maximum atomic E-state index is 14.1. The van der Waals surface area contributed by atoms with Crippen LogP contribution in [0, 0.1) is 5.82 Å². The third-order valence-corrected chi connectivity index (χ3v) is 3.41. The topological polar surface area (TPSA) is 87.3 Å². The second-order valence-electron chi connectivity index (χ2n) is 4.05. The maximum Gasteiger partial charge on any atom is 0.358 e. The minimum atomic E-state index is -0.818. The highest BCUT2D eigenvalue weighted by Crippen LogP contribution is 2.33. The van der Waals surface area contributed by atoms with Gasteiger partial charge in [0.05, 0.1) is 24.8 Å². The van der Waals surface area contributed by atoms with Crippen LogP contribution in [-0.4, -0.2) is 30.2 Å². The number of esters is 1. The molecule has 0 atom stereocenters. The first-order chi connectivity index (χ1) is 10.4. The van der Waals surface area contributed by atoms with Gasteiger partial charge in [0.15, 0.2) is 11.5 Å². The molecule has 2 rings (SSSR count). The first-order valence-corrected chi connectivity index (χ1v) is 6.59. The first kappa shape index (κ1) is 16.3. The molecule has 0 saturated carbocycles. The third kappa shape index (κ3) is 2.90. The summed E-state index contributed by atoms with van der Waals surface area (Å²) in [5.74, 6) is -1.63. The Morgan fingerprint density at radius 3 is 2.55 bits per heavy atom. The van der Waals surface area contributed by atoms with Gasteiger partial charge >= 0.3 is 5.97 Å². The average molecular weight is 346 g/mol. The molecule has 116 valence electrons. The summed E-state index contributed by atoms with van der Waals surface area (Å²) in [7, 11) is 2.53. The van der Waals surface area contributed by atoms with Crippen LogP contribution in [0.3, 0.4) is 0 Å². The zero-order chi connectivity index (χ0) is 16.4. The van der Waals surface area contributed by atoms with Gasteiger partial charge in [0.1, 0.15) is 22.4 Å². The fourth-order valence-corrected chi connectivity index (χ4v) is 2.06. The molecule has 0 amide bonds. The van der Waals surface area contributed by atoms with Crippen LogP contribution in [-0.2, 0) is 4.74 Å². The largest absolute Gasteiger partial charge is 0.495 e. The molecule has 0 bridgehead atoms. The van der Waals surface area contributed by atoms with Crippen molar-refractivity contribution in [3.8, 4) is 17.1 Å². The molecule has 0 aliphatic carbocycles. The fraction of sp³-hybridized carbons (Fsp3) is 0.154. The molecule has 0 unspecified atom stereocenters. The number of carbonyl (C=O) groups excluding carboxylic acids is 1. The summed E-state index contributed by atoms with van der Waals surface area (Å²) in [5, 5.41) is -0.0872. The van der Waals surface area contributed by atoms with E-state index in [2.05, 4.69) is 14.7 Å². The Hall–Kier alpha value is -2.12. The fourth-order valence-electron chi connectivity index (χ4n) is 1.67. The van der Waals surface area contributed by atoms with E-state index in [9.17, 15) is 9.18 Å². The SMILES string of the molecule is COC(=O)c1nc(-c2cc(OC)c(Cl)cc2F)nc(N)c1Cl. The molecular formula is C13H10Cl2FN3O3. The van der Waals surface area contributed by atoms with Gasteiger partial charge < -0.3 is 15.2 Å². The molecule has 0 saturated heterocycles. The highest BCUT2D eigenvalue weighted by Gasteiger charge is 2.21. The molecule has 0 aliphatic heterocycles. The average Bonchev–Trinajstić information content (AvgIpc) is 2.49. The van der Waals surface area contributed by atoms with Gasteiger partial charge in [-0.2, -0.15) is 0 Å². The number of nitrogens with two attached hydrogens (primary N) is 1. The lowest BCUT2D eigenvalue weighted by molar-refractivity contribution is 0.0594. The van der Waals surface area contributed by atoms with E-state index in [4.69, 9.17) is 33.7 Å². The minimum absolute atomic E-state index is 0.0465. The van der Waals surface area contributed by atoms with Crippen LogP contribution in [0.4, 0.5) is 10.2 Å². The van der Waals surface area contributed by atoms with E-state index in [0.717, 1.165) is 13.2 Å². The van der Waals surface area contributed by atoms with E-state index in [0.29, 0.717) is 0 Å². The molecule has 1 aromatic carbocycles. The zero-order valence-corrected chi connectivity index (χ0v) is 13.0. The Labute approximate surface area is 135 Å². The van der Waals surface area contributed by atoms with Crippen molar-refractivity contribution in [2.24, 2.45) is 0 Å². The van der Waals surface area contributed by atoms with Gasteiger partial charge in [-0.05, 0) is 12.1 Å². The van der Waals surface area contributed by atoms with E-state index >= 15 is 0 Å². The summed E-state index contributed by atoms with van der Waals surface area (Å²) in [4.78, 5) is 19.4. The molecule has 6 nitrogen and oxygen atoms in total. The van der Waals surface area contributed by atoms with Crippen molar-refractivity contribution < 1.29 is 18.7 Å². The Balaban J connectivity index is 2.68. The summed E-state index contributed by atoms with van der Waals surface area (Å²) in [6.45, 7) is 0. The van der Waals surface area contributed by atoms with E-state index in [-0.39, 0.29) is 38.7 Å². The number of anilines is 1. The minimum Gasteiger partial charge on any atom is -0.495 e. The second kappa shape index (κ2) is 6.33. The molecule has 2 aromatic rings. The highest BCUT2D eigenvalue weighted by molar-refractivity contribution is 6.35. The van der Waals surface area contributed by atoms with Gasteiger partial charge in [-0.1, -0.05) is 23.2 Å². The Kier molecular flexibility index (Phi) is 4.68. The molecule has 2 N–H and O–H groups in total. The molecule has 0 fully saturated rings. The standard InChI is InChI=1S/C13H10Cl2FN3O3/c1-21-8-3-5(7(16)4-6(8)14)12-18-10(13(20)22-2)9(15)11(17)19-12/h3-4H,1-2H3,(H2,17,18,19). The number of halogens is 3. The Bertz CT molecular complexity index is 756. The van der Waals surface area contributed by atoms with Crippen LogP contribution in [0.2, 0.25) is 10.0 Å². The molecule has 0 aliphatic rings. The maximum absolute atomic E-state index is 14.1. The van der Waals surface area contributed by atoms with Gasteiger partial charge in [-0.25, -0.2) is 19.2 Å². The Morgan fingerprint density at radius 1 is 1.27 bits per heavy atom. The van der Waals surface area contributed by atoms with Crippen LogP contribution in [0.15, 0.2) is 12.1 Å². The van der Waals surface area contributed by atoms with Gasteiger partial charge in [-0.15, -0.1) is 0 Å². The number of hydrogen-bond acceptors (Lipinski definition) is 6. The summed E-state index contributed by atoms with van der Waals surface area (Å²) < 4.78 is 23.6. The quantitative estimate of drug-likeness (QED) is 0.860. The molecule has 1 aromatic heterocycles. The normalized spacial score (nSPS) is 10.4. The van der Waals surface area contributed by atoms with E-state index in [1.54, 1.807) is 0 Å². The third-order valence-electron chi connectivity index (χ3n) is 2.74. The number of benzene rings is 1. The second-order valence-corrected chi connectivity index (χ2v) is 4.84. The van der Waals surface area contributed by atoms with Crippen molar-refractivity contribution in [3.05, 3.63) is 33.7 Å². The van der Waals surface area contributed by atoms with Crippen molar-refractivity contribution in [2.75, 3.05) is 20.0 Å². The lowest BCUT2D eigenvalue weighted by Crippen LogP contribution is -2.10. The highest BCUT2D eigenvalue weighted by atomic mass is 35.5. The number of nitrogen functional groups attached to an aromatic ring is 1. The number of methoxy groups -OCH3 is 2. The number of rotatable bonds is 3. The van der Waals surface area contributed by atoms with E-state index in [1.165, 1.54) is 13.2 Å². The van der Waals surface area contributed by atoms with Gasteiger partial charge in [-0.3, -0.25) is 0 Å². The molecule has 22 heavy (non-hydrogen) atoms. The van der Waals surface area contributed by atoms with Gasteiger partial charge in [0, 0.05) is 0 Å². The van der Waals surface area contributed by atoms with E-state index in [1.807, 2.05) is 0 Å². The van der Waals surface area contributed by atoms with Crippen LogP contribution in [0.25, 0.3) is 11.4 Å². The van der Waals surface area contributed by atoms with Crippen molar-refractivity contribution in [3.63, 3.8) is 0 Å². The van der Waals surface area contributed by atoms with Crippen molar-refractivity contribution in [2.45, 2.75) is 0 Å². The lowest BCUT2D eigenvalue weighted by Gasteiger charge is -2.10. The van der Waals surface area contributed by atoms with Crippen molar-refractivity contribution >= 4 is 35.0 Å². The summed E-state index contributed by atoms with van der Waals surface area (Å²) in [5.41, 5.74) is 5.32. The van der Waals surface area contributed by atoms with Crippen molar-refractivity contribution in [1.29, 1.82) is 0 Å². The van der Waals surface area contributed by atoms with Crippen molar-refractivity contribution in [1.82, 2.24) is 9.97 Å². The van der Waals surface area contributed by atoms with Gasteiger partial charge in [0.25, 0.3) is 0 Å². The molecule has 9 heteroatoms. The number of nitrogens with zero attached hydrogens (tertiary/aromatic N) is 2. The number of aromatic nitrogens is 2. The van der Waals surface area contributed by atoms with Crippen LogP contribution < -0.4 is 10.5 Å². The summed E-state index contributed by atoms with van der Waals surface area (Å²) >= 11 is 11.7. The van der Waals surface area contributed by atoms with Crippen LogP contribution >= 0.6 is 23.2 Å². The number of hydrogen-bond donors (Lipinski definition) is 1. The smallest absolute Gasteiger partial charge is 0.358 e. The summed E-state index contributed by atoms with van der Waals surface area (Å²) in [6, 6.07) is 2.34. The predicted octanol–water partition coefficient (Wildman–Crippen LogP) is 2.97. The predicted molar refractivity (Wildman–Crippen MR) is 79.7 cm³/mol. The molecular weight excluding hydrogens is 336 g/mol. The molecule has 1 heterocycles. The Morgan fingerprint density at radius 2 is 1.95 bits per heavy atom. The summed E-state index contributed by atoms with van der Waals surface area (Å²) in [6.07, 6.45) is 0. The molecule has 0 radical (unpaired) electrons. The van der Waals surface area contributed by atoms with Crippen LogP contribution in [0.1, 0.15) is 10.5 Å². The first-order valence-electron chi connectivity index (χ1n) is 5.83. The van der Waals surface area contributed by atoms with E-state index < -0.39 is 11.8 Å². The zero-order valence-electron chi connectivity index (χ0n) is 11.5. The van der Waals surface area contributed by atoms with Crippen LogP contribution in [0.5, 0.6) is 5.75 Å². The monoisotopic (exact) mass is 345 g/mol. The number of carbonyl (C=O) groups is 1. The lowest BCUT2D eigenvalue weighted by atomic mass is 10.1. The molecule has 0 spiro atoms.